The van der Waals surface area contributed by atoms with Crippen LogP contribution in [0.3, 0.4) is 0 Å². The molecule has 0 aromatic carbocycles. The maximum Gasteiger partial charge on any atom is 0.306 e. The molecule has 0 unspecified atom stereocenters. The highest BCUT2D eigenvalue weighted by atomic mass is 16.4. The van der Waals surface area contributed by atoms with Gasteiger partial charge >= 0.3 is 5.97 Å². The average Bonchev–Trinajstić information content (AvgIpc) is 2.29. The number of carbonyl (C=O) groups is 1. The second-order valence-electron chi connectivity index (χ2n) is 5.59. The molecule has 0 radical (unpaired) electrons. The number of carboxylic acid groups (broad SMARTS) is 1. The number of carboxylic acids is 1. The summed E-state index contributed by atoms with van der Waals surface area (Å²) in [4.78, 5) is 11.1. The Hall–Kier alpha value is -0.530. The Morgan fingerprint density at radius 2 is 1.41 bits per heavy atom. The molecule has 2 nitrogen and oxygen atoms in total. The molecule has 2 heteroatoms. The van der Waals surface area contributed by atoms with Crippen molar-refractivity contribution in [3.63, 3.8) is 0 Å². The molecule has 1 aliphatic rings. The molecule has 1 fully saturated rings. The Bertz CT molecular complexity index is 199. The second kappa shape index (κ2) is 8.54. The normalized spacial score (nSPS) is 29.0. The Balaban J connectivity index is 2.35. The van der Waals surface area contributed by atoms with E-state index in [0.717, 1.165) is 31.6 Å². The van der Waals surface area contributed by atoms with Crippen LogP contribution in [-0.4, -0.2) is 11.1 Å². The first-order valence-corrected chi connectivity index (χ1v) is 7.46. The summed E-state index contributed by atoms with van der Waals surface area (Å²) >= 11 is 0. The zero-order chi connectivity index (χ0) is 12.5. The van der Waals surface area contributed by atoms with E-state index in [1.54, 1.807) is 0 Å². The third kappa shape index (κ3) is 6.09. The molecule has 0 atom stereocenters. The summed E-state index contributed by atoms with van der Waals surface area (Å²) in [5, 5.41) is 9.12. The van der Waals surface area contributed by atoms with Gasteiger partial charge in [0, 0.05) is 0 Å². The Kier molecular flexibility index (Phi) is 7.30. The van der Waals surface area contributed by atoms with Crippen LogP contribution in [0.15, 0.2) is 0 Å². The van der Waals surface area contributed by atoms with Gasteiger partial charge in [-0.15, -0.1) is 0 Å². The molecule has 100 valence electrons. The third-order valence-corrected chi connectivity index (χ3v) is 4.26. The van der Waals surface area contributed by atoms with Gasteiger partial charge in [0.2, 0.25) is 0 Å². The molecule has 0 heterocycles. The van der Waals surface area contributed by atoms with Crippen LogP contribution in [0.2, 0.25) is 0 Å². The summed E-state index contributed by atoms with van der Waals surface area (Å²) in [5.41, 5.74) is 0. The molecule has 0 aliphatic heterocycles. The standard InChI is InChI=1S/C15H28O2/c1-2-13-9-5-3-7-11-14(15(16)17)12-8-4-6-10-13/h13-14H,2-12H2,1H3,(H,16,17). The number of hydrogen-bond donors (Lipinski definition) is 1. The highest BCUT2D eigenvalue weighted by Gasteiger charge is 2.17. The van der Waals surface area contributed by atoms with Crippen molar-refractivity contribution in [3.05, 3.63) is 0 Å². The average molecular weight is 240 g/mol. The molecule has 1 rings (SSSR count). The maximum atomic E-state index is 11.1. The lowest BCUT2D eigenvalue weighted by Crippen LogP contribution is -2.14. The lowest BCUT2D eigenvalue weighted by Gasteiger charge is -2.17. The summed E-state index contributed by atoms with van der Waals surface area (Å²) in [7, 11) is 0. The van der Waals surface area contributed by atoms with Crippen LogP contribution in [0.1, 0.15) is 77.6 Å². The van der Waals surface area contributed by atoms with Crippen molar-refractivity contribution in [3.8, 4) is 0 Å². The summed E-state index contributed by atoms with van der Waals surface area (Å²) in [5.74, 6) is 0.273. The van der Waals surface area contributed by atoms with Crippen LogP contribution in [0, 0.1) is 11.8 Å². The fourth-order valence-electron chi connectivity index (χ4n) is 2.94. The van der Waals surface area contributed by atoms with Gasteiger partial charge in [0.1, 0.15) is 0 Å². The van der Waals surface area contributed by atoms with Crippen molar-refractivity contribution in [1.82, 2.24) is 0 Å². The van der Waals surface area contributed by atoms with E-state index < -0.39 is 5.97 Å². The van der Waals surface area contributed by atoms with Crippen LogP contribution in [0.25, 0.3) is 0 Å². The molecule has 0 bridgehead atoms. The minimum Gasteiger partial charge on any atom is -0.481 e. The topological polar surface area (TPSA) is 37.3 Å². The van der Waals surface area contributed by atoms with Crippen LogP contribution in [0.5, 0.6) is 0 Å². The van der Waals surface area contributed by atoms with Gasteiger partial charge in [-0.1, -0.05) is 64.7 Å². The van der Waals surface area contributed by atoms with E-state index in [2.05, 4.69) is 6.92 Å². The molecule has 0 saturated heterocycles. The van der Waals surface area contributed by atoms with Gasteiger partial charge in [0.15, 0.2) is 0 Å². The van der Waals surface area contributed by atoms with Crippen LogP contribution < -0.4 is 0 Å². The molecule has 0 aromatic heterocycles. The van der Waals surface area contributed by atoms with E-state index in [1.807, 2.05) is 0 Å². The Morgan fingerprint density at radius 1 is 0.941 bits per heavy atom. The summed E-state index contributed by atoms with van der Waals surface area (Å²) in [6, 6.07) is 0. The minimum atomic E-state index is -0.575. The van der Waals surface area contributed by atoms with Crippen LogP contribution in [-0.2, 0) is 4.79 Å². The largest absolute Gasteiger partial charge is 0.481 e. The van der Waals surface area contributed by atoms with Gasteiger partial charge in [0.05, 0.1) is 5.92 Å². The predicted octanol–water partition coefficient (Wildman–Crippen LogP) is 4.63. The Morgan fingerprint density at radius 3 is 1.82 bits per heavy atom. The van der Waals surface area contributed by atoms with Crippen molar-refractivity contribution < 1.29 is 9.90 Å². The molecule has 1 saturated carbocycles. The van der Waals surface area contributed by atoms with Gasteiger partial charge in [0.25, 0.3) is 0 Å². The van der Waals surface area contributed by atoms with Gasteiger partial charge < -0.3 is 5.11 Å². The van der Waals surface area contributed by atoms with Crippen molar-refractivity contribution >= 4 is 5.97 Å². The first-order chi connectivity index (χ1) is 8.24. The summed E-state index contributed by atoms with van der Waals surface area (Å²) < 4.78 is 0. The number of hydrogen-bond acceptors (Lipinski definition) is 1. The number of rotatable bonds is 2. The minimum absolute atomic E-state index is 0.0728. The zero-order valence-corrected chi connectivity index (χ0v) is 11.3. The molecule has 0 aromatic rings. The molecule has 1 aliphatic carbocycles. The molecular formula is C15H28O2. The molecule has 17 heavy (non-hydrogen) atoms. The van der Waals surface area contributed by atoms with Crippen molar-refractivity contribution in [1.29, 1.82) is 0 Å². The summed E-state index contributed by atoms with van der Waals surface area (Å²) in [6.45, 7) is 2.30. The molecular weight excluding hydrogens is 212 g/mol. The van der Waals surface area contributed by atoms with Crippen LogP contribution >= 0.6 is 0 Å². The first kappa shape index (κ1) is 14.5. The van der Waals surface area contributed by atoms with Gasteiger partial charge in [-0.25, -0.2) is 0 Å². The predicted molar refractivity (Wildman–Crippen MR) is 71.1 cm³/mol. The van der Waals surface area contributed by atoms with E-state index in [1.165, 1.54) is 44.9 Å². The highest BCUT2D eigenvalue weighted by Crippen LogP contribution is 2.25. The van der Waals surface area contributed by atoms with Crippen LogP contribution in [0.4, 0.5) is 0 Å². The Labute approximate surface area is 106 Å². The van der Waals surface area contributed by atoms with Gasteiger partial charge in [-0.05, 0) is 18.8 Å². The fourth-order valence-corrected chi connectivity index (χ4v) is 2.94. The van der Waals surface area contributed by atoms with E-state index in [-0.39, 0.29) is 5.92 Å². The highest BCUT2D eigenvalue weighted by molar-refractivity contribution is 5.69. The lowest BCUT2D eigenvalue weighted by molar-refractivity contribution is -0.142. The van der Waals surface area contributed by atoms with E-state index in [0.29, 0.717) is 0 Å². The van der Waals surface area contributed by atoms with Gasteiger partial charge in [-0.3, -0.25) is 4.79 Å². The first-order valence-electron chi connectivity index (χ1n) is 7.46. The summed E-state index contributed by atoms with van der Waals surface area (Å²) in [6.07, 6.45) is 13.1. The molecule has 0 spiro atoms. The smallest absolute Gasteiger partial charge is 0.306 e. The van der Waals surface area contributed by atoms with Crippen molar-refractivity contribution in [2.75, 3.05) is 0 Å². The van der Waals surface area contributed by atoms with Crippen molar-refractivity contribution in [2.24, 2.45) is 11.8 Å². The van der Waals surface area contributed by atoms with Crippen molar-refractivity contribution in [2.45, 2.75) is 77.6 Å². The molecule has 0 amide bonds. The van der Waals surface area contributed by atoms with E-state index in [9.17, 15) is 4.79 Å². The second-order valence-corrected chi connectivity index (χ2v) is 5.59. The SMILES string of the molecule is CCC1CCCCCC(C(=O)O)CCCCC1. The number of aliphatic carboxylic acids is 1. The molecule has 1 N–H and O–H groups in total. The van der Waals surface area contributed by atoms with E-state index in [4.69, 9.17) is 5.11 Å². The fraction of sp³-hybridized carbons (Fsp3) is 0.933. The van der Waals surface area contributed by atoms with E-state index >= 15 is 0 Å². The quantitative estimate of drug-likeness (QED) is 0.764. The lowest BCUT2D eigenvalue weighted by atomic mass is 9.88. The monoisotopic (exact) mass is 240 g/mol. The zero-order valence-electron chi connectivity index (χ0n) is 11.3. The van der Waals surface area contributed by atoms with Gasteiger partial charge in [-0.2, -0.15) is 0 Å². The maximum absolute atomic E-state index is 11.1. The third-order valence-electron chi connectivity index (χ3n) is 4.26.